The standard InChI is InChI=1S/C15H12BrFN2O/c16-13-8-19(10-1-3-11(20)4-2-10)15-6-14(17)9(7-18)5-12(13)15/h5-6,8,10H,1-4H2. The first kappa shape index (κ1) is 13.3. The molecule has 3 nitrogen and oxygen atoms in total. The Balaban J connectivity index is 2.11. The van der Waals surface area contributed by atoms with Crippen LogP contribution in [0.15, 0.2) is 22.8 Å². The summed E-state index contributed by atoms with van der Waals surface area (Å²) in [5.41, 5.74) is 0.822. The third kappa shape index (κ3) is 2.14. The summed E-state index contributed by atoms with van der Waals surface area (Å²) in [6, 6.07) is 5.06. The van der Waals surface area contributed by atoms with Crippen LogP contribution in [0, 0.1) is 17.1 Å². The molecule has 102 valence electrons. The van der Waals surface area contributed by atoms with Gasteiger partial charge in [0, 0.05) is 34.9 Å². The number of Topliss-reactive ketones (excluding diaryl/α,β-unsaturated/α-hetero) is 1. The quantitative estimate of drug-likeness (QED) is 0.788. The second kappa shape index (κ2) is 5.02. The van der Waals surface area contributed by atoms with Gasteiger partial charge in [-0.25, -0.2) is 4.39 Å². The molecule has 0 bridgehead atoms. The lowest BCUT2D eigenvalue weighted by Gasteiger charge is -2.23. The number of rotatable bonds is 1. The predicted molar refractivity (Wildman–Crippen MR) is 76.8 cm³/mol. The van der Waals surface area contributed by atoms with E-state index in [2.05, 4.69) is 15.9 Å². The van der Waals surface area contributed by atoms with Gasteiger partial charge in [0.05, 0.1) is 11.1 Å². The molecule has 0 N–H and O–H groups in total. The minimum atomic E-state index is -0.501. The fraction of sp³-hybridized carbons (Fsp3) is 0.333. The predicted octanol–water partition coefficient (Wildman–Crippen LogP) is 4.10. The lowest BCUT2D eigenvalue weighted by molar-refractivity contribution is -0.120. The maximum atomic E-state index is 13.8. The van der Waals surface area contributed by atoms with Gasteiger partial charge in [-0.05, 0) is 40.9 Å². The zero-order valence-corrected chi connectivity index (χ0v) is 12.3. The summed E-state index contributed by atoms with van der Waals surface area (Å²) in [7, 11) is 0. The Morgan fingerprint density at radius 3 is 2.70 bits per heavy atom. The molecular weight excluding hydrogens is 323 g/mol. The molecule has 1 aliphatic rings. The summed E-state index contributed by atoms with van der Waals surface area (Å²) < 4.78 is 16.7. The van der Waals surface area contributed by atoms with Gasteiger partial charge in [-0.1, -0.05) is 0 Å². The van der Waals surface area contributed by atoms with Crippen LogP contribution >= 0.6 is 15.9 Å². The largest absolute Gasteiger partial charge is 0.343 e. The van der Waals surface area contributed by atoms with Gasteiger partial charge in [0.25, 0.3) is 0 Å². The summed E-state index contributed by atoms with van der Waals surface area (Å²) >= 11 is 3.46. The van der Waals surface area contributed by atoms with E-state index in [1.165, 1.54) is 6.07 Å². The van der Waals surface area contributed by atoms with Crippen LogP contribution in [0.3, 0.4) is 0 Å². The smallest absolute Gasteiger partial charge is 0.143 e. The Morgan fingerprint density at radius 2 is 2.05 bits per heavy atom. The molecular formula is C15H12BrFN2O. The molecule has 0 amide bonds. The molecule has 1 fully saturated rings. The maximum Gasteiger partial charge on any atom is 0.143 e. The average molecular weight is 335 g/mol. The first-order valence-electron chi connectivity index (χ1n) is 6.51. The van der Waals surface area contributed by atoms with Crippen LogP contribution in [0.4, 0.5) is 4.39 Å². The van der Waals surface area contributed by atoms with Crippen LogP contribution in [0.1, 0.15) is 37.3 Å². The molecule has 0 unspecified atom stereocenters. The number of carbonyl (C=O) groups is 1. The molecule has 5 heteroatoms. The fourth-order valence-corrected chi connectivity index (χ4v) is 3.36. The summed E-state index contributed by atoms with van der Waals surface area (Å²) in [4.78, 5) is 11.3. The zero-order chi connectivity index (χ0) is 14.3. The van der Waals surface area contributed by atoms with Crippen LogP contribution in [0.25, 0.3) is 10.9 Å². The molecule has 0 spiro atoms. The fourth-order valence-electron chi connectivity index (χ4n) is 2.82. The number of nitriles is 1. The molecule has 2 aromatic rings. The Hall–Kier alpha value is -1.67. The Kier molecular flexibility index (Phi) is 3.35. The molecule has 3 rings (SSSR count). The second-order valence-corrected chi connectivity index (χ2v) is 5.97. The van der Waals surface area contributed by atoms with Crippen molar-refractivity contribution in [3.05, 3.63) is 34.2 Å². The van der Waals surface area contributed by atoms with Crippen LogP contribution in [-0.4, -0.2) is 10.4 Å². The van der Waals surface area contributed by atoms with Crippen molar-refractivity contribution in [2.24, 2.45) is 0 Å². The van der Waals surface area contributed by atoms with E-state index < -0.39 is 5.82 Å². The van der Waals surface area contributed by atoms with E-state index in [1.807, 2.05) is 16.8 Å². The summed E-state index contributed by atoms with van der Waals surface area (Å²) in [5.74, 6) is -0.200. The maximum absolute atomic E-state index is 13.8. The number of benzene rings is 1. The van der Waals surface area contributed by atoms with Gasteiger partial charge in [0.15, 0.2) is 0 Å². The van der Waals surface area contributed by atoms with Crippen molar-refractivity contribution in [1.82, 2.24) is 4.57 Å². The number of nitrogens with zero attached hydrogens (tertiary/aromatic N) is 2. The average Bonchev–Trinajstić information content (AvgIpc) is 2.75. The first-order valence-corrected chi connectivity index (χ1v) is 7.31. The topological polar surface area (TPSA) is 45.8 Å². The van der Waals surface area contributed by atoms with Crippen LogP contribution in [0.2, 0.25) is 0 Å². The van der Waals surface area contributed by atoms with Gasteiger partial charge in [0.2, 0.25) is 0 Å². The van der Waals surface area contributed by atoms with Crippen molar-refractivity contribution in [3.63, 3.8) is 0 Å². The minimum absolute atomic E-state index is 0.0507. The normalized spacial score (nSPS) is 16.6. The van der Waals surface area contributed by atoms with Gasteiger partial charge in [-0.2, -0.15) is 5.26 Å². The Labute approximate surface area is 124 Å². The van der Waals surface area contributed by atoms with E-state index in [-0.39, 0.29) is 11.6 Å². The van der Waals surface area contributed by atoms with Crippen molar-refractivity contribution in [1.29, 1.82) is 5.26 Å². The van der Waals surface area contributed by atoms with Crippen LogP contribution < -0.4 is 0 Å². The Morgan fingerprint density at radius 1 is 1.35 bits per heavy atom. The lowest BCUT2D eigenvalue weighted by atomic mass is 9.94. The molecule has 1 aromatic carbocycles. The van der Waals surface area contributed by atoms with E-state index in [9.17, 15) is 9.18 Å². The van der Waals surface area contributed by atoms with E-state index in [4.69, 9.17) is 5.26 Å². The molecule has 1 aliphatic carbocycles. The van der Waals surface area contributed by atoms with Crippen molar-refractivity contribution >= 4 is 32.6 Å². The SMILES string of the molecule is N#Cc1cc2c(Br)cn(C3CCC(=O)CC3)c2cc1F. The van der Waals surface area contributed by atoms with E-state index >= 15 is 0 Å². The van der Waals surface area contributed by atoms with Gasteiger partial charge < -0.3 is 4.57 Å². The Bertz CT molecular complexity index is 734. The van der Waals surface area contributed by atoms with Gasteiger partial charge in [0.1, 0.15) is 17.7 Å². The van der Waals surface area contributed by atoms with E-state index in [1.54, 1.807) is 6.07 Å². The minimum Gasteiger partial charge on any atom is -0.343 e. The van der Waals surface area contributed by atoms with E-state index in [0.717, 1.165) is 28.2 Å². The molecule has 1 heterocycles. The number of hydrogen-bond donors (Lipinski definition) is 0. The first-order chi connectivity index (χ1) is 9.60. The van der Waals surface area contributed by atoms with Crippen LogP contribution in [0.5, 0.6) is 0 Å². The van der Waals surface area contributed by atoms with Crippen molar-refractivity contribution < 1.29 is 9.18 Å². The highest BCUT2D eigenvalue weighted by atomic mass is 79.9. The monoisotopic (exact) mass is 334 g/mol. The third-order valence-corrected chi connectivity index (χ3v) is 4.53. The van der Waals surface area contributed by atoms with Gasteiger partial charge >= 0.3 is 0 Å². The summed E-state index contributed by atoms with van der Waals surface area (Å²) in [5, 5.41) is 9.74. The highest BCUT2D eigenvalue weighted by molar-refractivity contribution is 9.10. The van der Waals surface area contributed by atoms with E-state index in [0.29, 0.717) is 18.6 Å². The molecule has 1 aromatic heterocycles. The lowest BCUT2D eigenvalue weighted by Crippen LogP contribution is -2.17. The number of hydrogen-bond acceptors (Lipinski definition) is 2. The molecule has 1 saturated carbocycles. The second-order valence-electron chi connectivity index (χ2n) is 5.12. The van der Waals surface area contributed by atoms with Crippen molar-refractivity contribution in [2.45, 2.75) is 31.7 Å². The number of fused-ring (bicyclic) bond motifs is 1. The third-order valence-electron chi connectivity index (χ3n) is 3.90. The van der Waals surface area contributed by atoms with Crippen molar-refractivity contribution in [2.75, 3.05) is 0 Å². The highest BCUT2D eigenvalue weighted by Crippen LogP contribution is 2.35. The molecule has 0 radical (unpaired) electrons. The number of carbonyl (C=O) groups excluding carboxylic acids is 1. The summed E-state index contributed by atoms with van der Waals surface area (Å²) in [6.45, 7) is 0. The summed E-state index contributed by atoms with van der Waals surface area (Å²) in [6.07, 6.45) is 4.67. The number of ketones is 1. The number of aromatic nitrogens is 1. The highest BCUT2D eigenvalue weighted by Gasteiger charge is 2.22. The molecule has 0 aliphatic heterocycles. The molecule has 0 saturated heterocycles. The van der Waals surface area contributed by atoms with Gasteiger partial charge in [-0.3, -0.25) is 4.79 Å². The van der Waals surface area contributed by atoms with Gasteiger partial charge in [-0.15, -0.1) is 0 Å². The van der Waals surface area contributed by atoms with Crippen LogP contribution in [-0.2, 0) is 4.79 Å². The molecule has 20 heavy (non-hydrogen) atoms. The number of halogens is 2. The van der Waals surface area contributed by atoms with Crippen molar-refractivity contribution in [3.8, 4) is 6.07 Å². The zero-order valence-electron chi connectivity index (χ0n) is 10.7. The molecule has 0 atom stereocenters.